The van der Waals surface area contributed by atoms with Crippen molar-refractivity contribution in [2.45, 2.75) is 32.4 Å². The van der Waals surface area contributed by atoms with Crippen LogP contribution in [-0.4, -0.2) is 12.7 Å². The normalized spacial score (nSPS) is 28.3. The molecule has 15 heavy (non-hydrogen) atoms. The van der Waals surface area contributed by atoms with E-state index in [1.165, 1.54) is 14.2 Å². The Morgan fingerprint density at radius 1 is 1.67 bits per heavy atom. The molecular formula is C11H16BrNOS. The second-order valence-corrected chi connectivity index (χ2v) is 6.25. The van der Waals surface area contributed by atoms with E-state index < -0.39 is 0 Å². The molecule has 4 heteroatoms. The molecule has 1 aliphatic heterocycles. The predicted molar refractivity (Wildman–Crippen MR) is 67.2 cm³/mol. The molecule has 2 heterocycles. The monoisotopic (exact) mass is 289 g/mol. The molecule has 0 amide bonds. The molecule has 0 aliphatic carbocycles. The Labute approximate surface area is 103 Å². The van der Waals surface area contributed by atoms with Gasteiger partial charge in [-0.25, -0.2) is 0 Å². The average molecular weight is 290 g/mol. The van der Waals surface area contributed by atoms with Crippen LogP contribution in [0.25, 0.3) is 0 Å². The Kier molecular flexibility index (Phi) is 3.50. The SMILES string of the molecule is Cc1sc(C(N)C2CCOC2C)cc1Br. The summed E-state index contributed by atoms with van der Waals surface area (Å²) in [4.78, 5) is 2.56. The first kappa shape index (κ1) is 11.6. The molecule has 0 bridgehead atoms. The fraction of sp³-hybridized carbons (Fsp3) is 0.636. The zero-order chi connectivity index (χ0) is 11.0. The van der Waals surface area contributed by atoms with Crippen LogP contribution in [0.1, 0.15) is 29.1 Å². The lowest BCUT2D eigenvalue weighted by molar-refractivity contribution is 0.0998. The Morgan fingerprint density at radius 3 is 2.87 bits per heavy atom. The summed E-state index contributed by atoms with van der Waals surface area (Å²) in [6.07, 6.45) is 1.37. The number of nitrogens with two attached hydrogens (primary N) is 1. The first-order chi connectivity index (χ1) is 7.09. The summed E-state index contributed by atoms with van der Waals surface area (Å²) >= 11 is 5.32. The van der Waals surface area contributed by atoms with Crippen molar-refractivity contribution in [3.8, 4) is 0 Å². The van der Waals surface area contributed by atoms with E-state index in [2.05, 4.69) is 35.8 Å². The average Bonchev–Trinajstić information content (AvgIpc) is 2.74. The molecular weight excluding hydrogens is 274 g/mol. The summed E-state index contributed by atoms with van der Waals surface area (Å²) < 4.78 is 6.73. The van der Waals surface area contributed by atoms with Gasteiger partial charge in [-0.2, -0.15) is 0 Å². The van der Waals surface area contributed by atoms with Gasteiger partial charge >= 0.3 is 0 Å². The lowest BCUT2D eigenvalue weighted by Gasteiger charge is -2.20. The molecule has 1 aromatic heterocycles. The van der Waals surface area contributed by atoms with Crippen LogP contribution in [0, 0.1) is 12.8 Å². The Hall–Kier alpha value is 0.100. The molecule has 84 valence electrons. The molecule has 1 saturated heterocycles. The van der Waals surface area contributed by atoms with Gasteiger partial charge < -0.3 is 10.5 Å². The Balaban J connectivity index is 2.16. The van der Waals surface area contributed by atoms with Crippen LogP contribution in [-0.2, 0) is 4.74 Å². The molecule has 0 aromatic carbocycles. The van der Waals surface area contributed by atoms with Gasteiger partial charge in [0.05, 0.1) is 6.10 Å². The highest BCUT2D eigenvalue weighted by molar-refractivity contribution is 9.10. The number of hydrogen-bond acceptors (Lipinski definition) is 3. The maximum Gasteiger partial charge on any atom is 0.0594 e. The molecule has 3 unspecified atom stereocenters. The number of hydrogen-bond donors (Lipinski definition) is 1. The maximum absolute atomic E-state index is 6.28. The molecule has 2 rings (SSSR count). The van der Waals surface area contributed by atoms with Gasteiger partial charge in [0.2, 0.25) is 0 Å². The molecule has 1 fully saturated rings. The van der Waals surface area contributed by atoms with Crippen LogP contribution in [0.2, 0.25) is 0 Å². The molecule has 0 radical (unpaired) electrons. The highest BCUT2D eigenvalue weighted by Crippen LogP contribution is 2.37. The van der Waals surface area contributed by atoms with Gasteiger partial charge in [0.15, 0.2) is 0 Å². The molecule has 2 N–H and O–H groups in total. The summed E-state index contributed by atoms with van der Waals surface area (Å²) in [5, 5.41) is 0. The van der Waals surface area contributed by atoms with Gasteiger partial charge in [-0.15, -0.1) is 11.3 Å². The van der Waals surface area contributed by atoms with Crippen molar-refractivity contribution in [3.05, 3.63) is 20.3 Å². The predicted octanol–water partition coefficient (Wildman–Crippen LogP) is 3.24. The zero-order valence-corrected chi connectivity index (χ0v) is 11.4. The van der Waals surface area contributed by atoms with Gasteiger partial charge in [0.25, 0.3) is 0 Å². The summed E-state index contributed by atoms with van der Waals surface area (Å²) in [5.74, 6) is 0.468. The number of ether oxygens (including phenoxy) is 1. The first-order valence-electron chi connectivity index (χ1n) is 5.22. The number of rotatable bonds is 2. The minimum Gasteiger partial charge on any atom is -0.378 e. The van der Waals surface area contributed by atoms with Crippen LogP contribution < -0.4 is 5.73 Å². The second-order valence-electron chi connectivity index (χ2n) is 4.11. The van der Waals surface area contributed by atoms with E-state index >= 15 is 0 Å². The standard InChI is InChI=1S/C11H16BrNOS/c1-6-8(3-4-14-6)11(13)10-5-9(12)7(2)15-10/h5-6,8,11H,3-4,13H2,1-2H3. The largest absolute Gasteiger partial charge is 0.378 e. The second kappa shape index (κ2) is 4.53. The third-order valence-electron chi connectivity index (χ3n) is 3.10. The van der Waals surface area contributed by atoms with Crippen LogP contribution in [0.5, 0.6) is 0 Å². The topological polar surface area (TPSA) is 35.2 Å². The highest BCUT2D eigenvalue weighted by Gasteiger charge is 2.31. The third-order valence-corrected chi connectivity index (χ3v) is 5.34. The zero-order valence-electron chi connectivity index (χ0n) is 9.00. The van der Waals surface area contributed by atoms with Crippen LogP contribution in [0.15, 0.2) is 10.5 Å². The summed E-state index contributed by atoms with van der Waals surface area (Å²) in [6, 6.07) is 2.27. The van der Waals surface area contributed by atoms with Gasteiger partial charge in [-0.05, 0) is 42.3 Å². The molecule has 1 aromatic rings. The van der Waals surface area contributed by atoms with E-state index in [9.17, 15) is 0 Å². The van der Waals surface area contributed by atoms with Crippen molar-refractivity contribution in [1.29, 1.82) is 0 Å². The summed E-state index contributed by atoms with van der Waals surface area (Å²) in [6.45, 7) is 5.08. The third kappa shape index (κ3) is 2.28. The Bertz CT molecular complexity index is 333. The molecule has 3 atom stereocenters. The Morgan fingerprint density at radius 2 is 2.40 bits per heavy atom. The highest BCUT2D eigenvalue weighted by atomic mass is 79.9. The number of aryl methyl sites for hydroxylation is 1. The smallest absolute Gasteiger partial charge is 0.0594 e. The summed E-state index contributed by atoms with van der Waals surface area (Å²) in [5.41, 5.74) is 6.28. The van der Waals surface area contributed by atoms with Crippen LogP contribution in [0.3, 0.4) is 0 Å². The van der Waals surface area contributed by atoms with E-state index in [-0.39, 0.29) is 6.04 Å². The minimum absolute atomic E-state index is 0.123. The van der Waals surface area contributed by atoms with E-state index in [4.69, 9.17) is 10.5 Å². The molecule has 2 nitrogen and oxygen atoms in total. The van der Waals surface area contributed by atoms with Gasteiger partial charge in [0, 0.05) is 32.8 Å². The van der Waals surface area contributed by atoms with Crippen LogP contribution in [0.4, 0.5) is 0 Å². The van der Waals surface area contributed by atoms with E-state index in [1.807, 2.05) is 0 Å². The molecule has 1 aliphatic rings. The summed E-state index contributed by atoms with van der Waals surface area (Å²) in [7, 11) is 0. The van der Waals surface area contributed by atoms with Crippen molar-refractivity contribution in [2.75, 3.05) is 6.61 Å². The van der Waals surface area contributed by atoms with Crippen molar-refractivity contribution in [3.63, 3.8) is 0 Å². The first-order valence-corrected chi connectivity index (χ1v) is 6.83. The van der Waals surface area contributed by atoms with Gasteiger partial charge in [-0.1, -0.05) is 0 Å². The van der Waals surface area contributed by atoms with E-state index in [0.717, 1.165) is 13.0 Å². The number of halogens is 1. The minimum atomic E-state index is 0.123. The molecule has 0 spiro atoms. The van der Waals surface area contributed by atoms with Gasteiger partial charge in [0.1, 0.15) is 0 Å². The maximum atomic E-state index is 6.28. The van der Waals surface area contributed by atoms with Crippen molar-refractivity contribution >= 4 is 27.3 Å². The lowest BCUT2D eigenvalue weighted by atomic mass is 9.93. The van der Waals surface area contributed by atoms with Crippen molar-refractivity contribution < 1.29 is 4.74 Å². The quantitative estimate of drug-likeness (QED) is 0.907. The fourth-order valence-electron chi connectivity index (χ4n) is 2.08. The van der Waals surface area contributed by atoms with Crippen LogP contribution >= 0.6 is 27.3 Å². The van der Waals surface area contributed by atoms with Gasteiger partial charge in [-0.3, -0.25) is 0 Å². The fourth-order valence-corrected chi connectivity index (χ4v) is 3.72. The number of thiophene rings is 1. The van der Waals surface area contributed by atoms with Crippen molar-refractivity contribution in [2.24, 2.45) is 11.7 Å². The lowest BCUT2D eigenvalue weighted by Crippen LogP contribution is -2.25. The van der Waals surface area contributed by atoms with Crippen molar-refractivity contribution in [1.82, 2.24) is 0 Å². The van der Waals surface area contributed by atoms with E-state index in [0.29, 0.717) is 12.0 Å². The molecule has 0 saturated carbocycles. The van der Waals surface area contributed by atoms with E-state index in [1.54, 1.807) is 11.3 Å².